The van der Waals surface area contributed by atoms with E-state index in [9.17, 15) is 5.11 Å². The highest BCUT2D eigenvalue weighted by molar-refractivity contribution is 5.38. The molecule has 0 aliphatic rings. The van der Waals surface area contributed by atoms with E-state index in [2.05, 4.69) is 4.98 Å². The summed E-state index contributed by atoms with van der Waals surface area (Å²) in [6.07, 6.45) is 4.95. The minimum atomic E-state index is -0.470. The van der Waals surface area contributed by atoms with Gasteiger partial charge in [0.1, 0.15) is 5.75 Å². The number of hydrogen-bond acceptors (Lipinski definition) is 3. The van der Waals surface area contributed by atoms with Crippen molar-refractivity contribution in [1.82, 2.24) is 9.55 Å². The molecule has 4 nitrogen and oxygen atoms in total. The first kappa shape index (κ1) is 12.6. The summed E-state index contributed by atoms with van der Waals surface area (Å²) in [5.74, 6) is 0.857. The van der Waals surface area contributed by atoms with E-state index in [1.165, 1.54) is 0 Å². The van der Waals surface area contributed by atoms with Gasteiger partial charge < -0.3 is 14.4 Å². The van der Waals surface area contributed by atoms with Gasteiger partial charge in [-0.2, -0.15) is 0 Å². The molecule has 0 aliphatic carbocycles. The molecule has 1 aromatic heterocycles. The van der Waals surface area contributed by atoms with Crippen LogP contribution in [-0.2, 0) is 6.54 Å². The van der Waals surface area contributed by atoms with Crippen molar-refractivity contribution in [3.8, 4) is 5.75 Å². The largest absolute Gasteiger partial charge is 0.494 e. The zero-order valence-electron chi connectivity index (χ0n) is 10.7. The van der Waals surface area contributed by atoms with Crippen molar-refractivity contribution in [1.29, 1.82) is 0 Å². The van der Waals surface area contributed by atoms with Crippen LogP contribution < -0.4 is 4.74 Å². The Morgan fingerprint density at radius 2 is 2.28 bits per heavy atom. The van der Waals surface area contributed by atoms with E-state index in [0.29, 0.717) is 13.2 Å². The van der Waals surface area contributed by atoms with Crippen molar-refractivity contribution in [2.24, 2.45) is 0 Å². The third kappa shape index (κ3) is 2.90. The fourth-order valence-electron chi connectivity index (χ4n) is 1.86. The zero-order valence-corrected chi connectivity index (χ0v) is 10.7. The summed E-state index contributed by atoms with van der Waals surface area (Å²) in [6.45, 7) is 5.04. The first-order chi connectivity index (χ1) is 8.70. The molecule has 96 valence electrons. The van der Waals surface area contributed by atoms with E-state index in [1.54, 1.807) is 19.4 Å². The number of benzene rings is 1. The molecular formula is C14H18N2O2. The van der Waals surface area contributed by atoms with E-state index >= 15 is 0 Å². The maximum atomic E-state index is 9.64. The zero-order chi connectivity index (χ0) is 13.0. The topological polar surface area (TPSA) is 47.3 Å². The van der Waals surface area contributed by atoms with E-state index in [0.717, 1.165) is 16.9 Å². The highest BCUT2D eigenvalue weighted by atomic mass is 16.5. The van der Waals surface area contributed by atoms with Crippen LogP contribution in [0, 0.1) is 0 Å². The fraction of sp³-hybridized carbons (Fsp3) is 0.357. The van der Waals surface area contributed by atoms with Crippen molar-refractivity contribution >= 4 is 0 Å². The summed E-state index contributed by atoms with van der Waals surface area (Å²) in [5.41, 5.74) is 1.95. The molecule has 0 fully saturated rings. The molecule has 0 radical (unpaired) electrons. The Hall–Kier alpha value is -1.81. The number of imidazole rings is 1. The third-order valence-corrected chi connectivity index (χ3v) is 2.78. The van der Waals surface area contributed by atoms with Gasteiger partial charge in [-0.25, -0.2) is 4.98 Å². The molecule has 0 saturated heterocycles. The minimum absolute atomic E-state index is 0.470. The predicted octanol–water partition coefficient (Wildman–Crippen LogP) is 2.38. The van der Waals surface area contributed by atoms with Gasteiger partial charge in [0.2, 0.25) is 0 Å². The highest BCUT2D eigenvalue weighted by Crippen LogP contribution is 2.24. The second-order valence-corrected chi connectivity index (χ2v) is 4.21. The first-order valence-electron chi connectivity index (χ1n) is 6.10. The summed E-state index contributed by atoms with van der Waals surface area (Å²) < 4.78 is 7.58. The number of rotatable bonds is 5. The van der Waals surface area contributed by atoms with E-state index in [1.807, 2.05) is 35.9 Å². The number of aromatic nitrogens is 2. The monoisotopic (exact) mass is 246 g/mol. The molecule has 1 N–H and O–H groups in total. The molecule has 0 saturated carbocycles. The van der Waals surface area contributed by atoms with Crippen LogP contribution in [0.4, 0.5) is 0 Å². The van der Waals surface area contributed by atoms with Gasteiger partial charge in [-0.3, -0.25) is 0 Å². The minimum Gasteiger partial charge on any atom is -0.494 e. The first-order valence-corrected chi connectivity index (χ1v) is 6.10. The average Bonchev–Trinajstić information content (AvgIpc) is 2.84. The van der Waals surface area contributed by atoms with E-state index in [-0.39, 0.29) is 0 Å². The van der Waals surface area contributed by atoms with Crippen molar-refractivity contribution in [3.05, 3.63) is 48.0 Å². The van der Waals surface area contributed by atoms with Crippen LogP contribution >= 0.6 is 0 Å². The molecule has 0 bridgehead atoms. The SMILES string of the molecule is CCOc1ccc(C(C)O)cc1Cn1ccnc1. The van der Waals surface area contributed by atoms with Crippen LogP contribution in [0.2, 0.25) is 0 Å². The number of nitrogens with zero attached hydrogens (tertiary/aromatic N) is 2. The Balaban J connectivity index is 2.31. The van der Waals surface area contributed by atoms with Gasteiger partial charge in [-0.1, -0.05) is 6.07 Å². The molecule has 1 atom stereocenters. The standard InChI is InChI=1S/C14H18N2O2/c1-3-18-14-5-4-12(11(2)17)8-13(14)9-16-7-6-15-10-16/h4-8,10-11,17H,3,9H2,1-2H3. The lowest BCUT2D eigenvalue weighted by molar-refractivity contribution is 0.199. The lowest BCUT2D eigenvalue weighted by Crippen LogP contribution is -2.03. The quantitative estimate of drug-likeness (QED) is 0.881. The van der Waals surface area contributed by atoms with Crippen LogP contribution in [0.1, 0.15) is 31.1 Å². The molecule has 2 aromatic rings. The molecule has 0 amide bonds. The average molecular weight is 246 g/mol. The third-order valence-electron chi connectivity index (χ3n) is 2.78. The molecule has 1 heterocycles. The van der Waals surface area contributed by atoms with Crippen LogP contribution in [-0.4, -0.2) is 21.3 Å². The van der Waals surface area contributed by atoms with Gasteiger partial charge in [0, 0.05) is 18.0 Å². The lowest BCUT2D eigenvalue weighted by atomic mass is 10.1. The van der Waals surface area contributed by atoms with Crippen molar-refractivity contribution in [3.63, 3.8) is 0 Å². The maximum Gasteiger partial charge on any atom is 0.124 e. The molecular weight excluding hydrogens is 228 g/mol. The smallest absolute Gasteiger partial charge is 0.124 e. The van der Waals surface area contributed by atoms with Crippen LogP contribution in [0.3, 0.4) is 0 Å². The molecule has 0 spiro atoms. The van der Waals surface area contributed by atoms with Crippen LogP contribution in [0.5, 0.6) is 5.75 Å². The summed E-state index contributed by atoms with van der Waals surface area (Å²) in [5, 5.41) is 9.64. The summed E-state index contributed by atoms with van der Waals surface area (Å²) >= 11 is 0. The van der Waals surface area contributed by atoms with Gasteiger partial charge in [0.15, 0.2) is 0 Å². The Bertz CT molecular complexity index is 493. The van der Waals surface area contributed by atoms with Crippen LogP contribution in [0.25, 0.3) is 0 Å². The van der Waals surface area contributed by atoms with Gasteiger partial charge in [0.05, 0.1) is 25.6 Å². The van der Waals surface area contributed by atoms with E-state index in [4.69, 9.17) is 4.74 Å². The molecule has 1 unspecified atom stereocenters. The van der Waals surface area contributed by atoms with Crippen molar-refractivity contribution in [2.45, 2.75) is 26.5 Å². The Morgan fingerprint density at radius 3 is 2.89 bits per heavy atom. The highest BCUT2D eigenvalue weighted by Gasteiger charge is 2.08. The second-order valence-electron chi connectivity index (χ2n) is 4.21. The Kier molecular flexibility index (Phi) is 3.99. The number of aliphatic hydroxyl groups excluding tert-OH is 1. The molecule has 4 heteroatoms. The second kappa shape index (κ2) is 5.69. The number of aliphatic hydroxyl groups is 1. The van der Waals surface area contributed by atoms with E-state index < -0.39 is 6.10 Å². The lowest BCUT2D eigenvalue weighted by Gasteiger charge is -2.14. The Labute approximate surface area is 107 Å². The van der Waals surface area contributed by atoms with Crippen molar-refractivity contribution in [2.75, 3.05) is 6.61 Å². The van der Waals surface area contributed by atoms with Crippen molar-refractivity contribution < 1.29 is 9.84 Å². The van der Waals surface area contributed by atoms with Gasteiger partial charge in [0.25, 0.3) is 0 Å². The van der Waals surface area contributed by atoms with Gasteiger partial charge in [-0.05, 0) is 31.5 Å². The molecule has 0 aliphatic heterocycles. The molecule has 18 heavy (non-hydrogen) atoms. The predicted molar refractivity (Wildman–Crippen MR) is 69.6 cm³/mol. The van der Waals surface area contributed by atoms with Gasteiger partial charge in [-0.15, -0.1) is 0 Å². The summed E-state index contributed by atoms with van der Waals surface area (Å²) in [6, 6.07) is 5.79. The van der Waals surface area contributed by atoms with Crippen LogP contribution in [0.15, 0.2) is 36.9 Å². The number of hydrogen-bond donors (Lipinski definition) is 1. The number of ether oxygens (including phenoxy) is 1. The maximum absolute atomic E-state index is 9.64. The Morgan fingerprint density at radius 1 is 1.44 bits per heavy atom. The molecule has 2 rings (SSSR count). The summed E-state index contributed by atoms with van der Waals surface area (Å²) in [7, 11) is 0. The fourth-order valence-corrected chi connectivity index (χ4v) is 1.86. The molecule has 1 aromatic carbocycles. The van der Waals surface area contributed by atoms with Gasteiger partial charge >= 0.3 is 0 Å². The normalized spacial score (nSPS) is 12.4. The summed E-state index contributed by atoms with van der Waals surface area (Å²) in [4.78, 5) is 4.02.